The van der Waals surface area contributed by atoms with Gasteiger partial charge in [0.25, 0.3) is 0 Å². The fraction of sp³-hybridized carbons (Fsp3) is 0.0833. The van der Waals surface area contributed by atoms with Crippen LogP contribution in [0.1, 0.15) is 5.69 Å². The second-order valence-electron chi connectivity index (χ2n) is 4.01. The van der Waals surface area contributed by atoms with E-state index < -0.39 is 11.9 Å². The summed E-state index contributed by atoms with van der Waals surface area (Å²) in [6.45, 7) is 0. The maximum atomic E-state index is 12.7. The molecule has 19 heavy (non-hydrogen) atoms. The highest BCUT2D eigenvalue weighted by atomic mass is 79.9. The number of nitrogens with one attached hydrogen (secondary N) is 2. The van der Waals surface area contributed by atoms with E-state index in [9.17, 15) is 13.2 Å². The quantitative estimate of drug-likeness (QED) is 0.685. The van der Waals surface area contributed by atoms with Gasteiger partial charge in [0.1, 0.15) is 5.69 Å². The molecule has 0 fully saturated rings. The van der Waals surface area contributed by atoms with Crippen LogP contribution < -0.4 is 0 Å². The molecule has 2 aromatic heterocycles. The highest BCUT2D eigenvalue weighted by Crippen LogP contribution is 2.39. The standard InChI is InChI=1S/C12H7BrF3N3/c13-9-10(18-19-11(9)12(14,15)16)7-5-17-8-4-2-1-3-6(7)8/h1-5,17H,(H,18,19). The first-order chi connectivity index (χ1) is 8.98. The summed E-state index contributed by atoms with van der Waals surface area (Å²) in [5, 5.41) is 6.62. The minimum absolute atomic E-state index is 0.0789. The van der Waals surface area contributed by atoms with Crippen molar-refractivity contribution in [1.82, 2.24) is 15.2 Å². The monoisotopic (exact) mass is 329 g/mol. The van der Waals surface area contributed by atoms with Gasteiger partial charge in [-0.1, -0.05) is 18.2 Å². The molecule has 0 aliphatic heterocycles. The Morgan fingerprint density at radius 2 is 1.89 bits per heavy atom. The molecule has 7 heteroatoms. The number of fused-ring (bicyclic) bond motifs is 1. The fourth-order valence-corrected chi connectivity index (χ4v) is 2.58. The van der Waals surface area contributed by atoms with Gasteiger partial charge in [-0.05, 0) is 22.0 Å². The number of para-hydroxylation sites is 1. The van der Waals surface area contributed by atoms with E-state index in [0.29, 0.717) is 5.56 Å². The lowest BCUT2D eigenvalue weighted by Gasteiger charge is -2.03. The molecule has 0 aliphatic carbocycles. The SMILES string of the molecule is FC(F)(F)c1[nH]nc(-c2c[nH]c3ccccc23)c1Br. The van der Waals surface area contributed by atoms with Gasteiger partial charge in [-0.15, -0.1) is 0 Å². The lowest BCUT2D eigenvalue weighted by Crippen LogP contribution is -2.06. The van der Waals surface area contributed by atoms with Gasteiger partial charge in [0.2, 0.25) is 0 Å². The van der Waals surface area contributed by atoms with Crippen LogP contribution in [-0.4, -0.2) is 15.2 Å². The molecule has 0 bridgehead atoms. The van der Waals surface area contributed by atoms with Crippen molar-refractivity contribution < 1.29 is 13.2 Å². The number of H-pyrrole nitrogens is 2. The maximum Gasteiger partial charge on any atom is 0.433 e. The molecular formula is C12H7BrF3N3. The predicted octanol–water partition coefficient (Wildman–Crippen LogP) is 4.34. The van der Waals surface area contributed by atoms with Crippen LogP contribution in [0.3, 0.4) is 0 Å². The second-order valence-corrected chi connectivity index (χ2v) is 4.80. The van der Waals surface area contributed by atoms with Gasteiger partial charge < -0.3 is 4.98 Å². The summed E-state index contributed by atoms with van der Waals surface area (Å²) in [5.74, 6) is 0. The number of hydrogen-bond acceptors (Lipinski definition) is 1. The number of hydrogen-bond donors (Lipinski definition) is 2. The van der Waals surface area contributed by atoms with Crippen LogP contribution in [0.4, 0.5) is 13.2 Å². The van der Waals surface area contributed by atoms with Crippen LogP contribution >= 0.6 is 15.9 Å². The number of halogens is 4. The summed E-state index contributed by atoms with van der Waals surface area (Å²) in [5.41, 5.74) is 0.827. The van der Waals surface area contributed by atoms with Crippen LogP contribution in [0.15, 0.2) is 34.9 Å². The zero-order chi connectivity index (χ0) is 13.6. The molecule has 0 atom stereocenters. The first-order valence-corrected chi connectivity index (χ1v) is 6.15. The third kappa shape index (κ3) is 1.94. The molecule has 0 saturated heterocycles. The van der Waals surface area contributed by atoms with Gasteiger partial charge in [0.15, 0.2) is 5.69 Å². The molecule has 0 spiro atoms. The molecule has 2 N–H and O–H groups in total. The van der Waals surface area contributed by atoms with Crippen LogP contribution in [0.2, 0.25) is 0 Å². The van der Waals surface area contributed by atoms with Crippen LogP contribution in [-0.2, 0) is 6.18 Å². The summed E-state index contributed by atoms with van der Waals surface area (Å²) >= 11 is 2.97. The average molecular weight is 330 g/mol. The van der Waals surface area contributed by atoms with E-state index in [1.165, 1.54) is 0 Å². The highest BCUT2D eigenvalue weighted by molar-refractivity contribution is 9.10. The average Bonchev–Trinajstić information content (AvgIpc) is 2.91. The lowest BCUT2D eigenvalue weighted by molar-refractivity contribution is -0.141. The minimum atomic E-state index is -4.46. The van der Waals surface area contributed by atoms with Crippen LogP contribution in [0.25, 0.3) is 22.2 Å². The molecule has 2 heterocycles. The first-order valence-electron chi connectivity index (χ1n) is 5.36. The smallest absolute Gasteiger partial charge is 0.360 e. The van der Waals surface area contributed by atoms with Gasteiger partial charge in [-0.25, -0.2) is 0 Å². The Balaban J connectivity index is 2.21. The van der Waals surface area contributed by atoms with Gasteiger partial charge in [0, 0.05) is 22.7 Å². The summed E-state index contributed by atoms with van der Waals surface area (Å²) in [7, 11) is 0. The number of aromatic amines is 2. The maximum absolute atomic E-state index is 12.7. The third-order valence-electron chi connectivity index (χ3n) is 2.83. The van der Waals surface area contributed by atoms with Crippen molar-refractivity contribution in [2.45, 2.75) is 6.18 Å². The first kappa shape index (κ1) is 12.3. The molecular weight excluding hydrogens is 323 g/mol. The largest absolute Gasteiger partial charge is 0.433 e. The van der Waals surface area contributed by atoms with E-state index in [0.717, 1.165) is 10.9 Å². The number of nitrogens with zero attached hydrogens (tertiary/aromatic N) is 1. The van der Waals surface area contributed by atoms with E-state index in [2.05, 4.69) is 26.0 Å². The third-order valence-corrected chi connectivity index (χ3v) is 3.61. The molecule has 98 valence electrons. The Labute approximate surface area is 114 Å². The number of rotatable bonds is 1. The van der Waals surface area contributed by atoms with Gasteiger partial charge in [-0.3, -0.25) is 5.10 Å². The topological polar surface area (TPSA) is 44.5 Å². The van der Waals surface area contributed by atoms with E-state index in [1.54, 1.807) is 6.20 Å². The van der Waals surface area contributed by atoms with Crippen LogP contribution in [0.5, 0.6) is 0 Å². The normalized spacial score (nSPS) is 12.2. The summed E-state index contributed by atoms with van der Waals surface area (Å²) < 4.78 is 38.0. The summed E-state index contributed by atoms with van der Waals surface area (Å²) in [6, 6.07) is 7.36. The van der Waals surface area contributed by atoms with Gasteiger partial charge in [0.05, 0.1) is 4.47 Å². The molecule has 0 radical (unpaired) electrons. The Kier molecular flexibility index (Phi) is 2.67. The number of aromatic nitrogens is 3. The fourth-order valence-electron chi connectivity index (χ4n) is 1.96. The van der Waals surface area contributed by atoms with Crippen molar-refractivity contribution in [3.8, 4) is 11.3 Å². The summed E-state index contributed by atoms with van der Waals surface area (Å²) in [6.07, 6.45) is -2.82. The molecule has 3 nitrogen and oxygen atoms in total. The predicted molar refractivity (Wildman–Crippen MR) is 68.6 cm³/mol. The molecule has 0 aliphatic rings. The van der Waals surface area contributed by atoms with E-state index in [1.807, 2.05) is 29.4 Å². The lowest BCUT2D eigenvalue weighted by atomic mass is 10.1. The van der Waals surface area contributed by atoms with Gasteiger partial charge >= 0.3 is 6.18 Å². The summed E-state index contributed by atoms with van der Waals surface area (Å²) in [4.78, 5) is 3.01. The molecule has 1 aromatic carbocycles. The Bertz CT molecular complexity index is 742. The van der Waals surface area contributed by atoms with E-state index in [-0.39, 0.29) is 10.2 Å². The van der Waals surface area contributed by atoms with Crippen molar-refractivity contribution in [2.24, 2.45) is 0 Å². The zero-order valence-corrected chi connectivity index (χ0v) is 10.9. The molecule has 3 rings (SSSR count). The van der Waals surface area contributed by atoms with Crippen LogP contribution in [0, 0.1) is 0 Å². The zero-order valence-electron chi connectivity index (χ0n) is 9.35. The van der Waals surface area contributed by atoms with E-state index in [4.69, 9.17) is 0 Å². The van der Waals surface area contributed by atoms with E-state index >= 15 is 0 Å². The van der Waals surface area contributed by atoms with Gasteiger partial charge in [-0.2, -0.15) is 18.3 Å². The molecule has 3 aromatic rings. The van der Waals surface area contributed by atoms with Crippen molar-refractivity contribution in [3.63, 3.8) is 0 Å². The molecule has 0 amide bonds. The number of benzene rings is 1. The van der Waals surface area contributed by atoms with Crippen molar-refractivity contribution in [3.05, 3.63) is 40.6 Å². The Morgan fingerprint density at radius 1 is 1.16 bits per heavy atom. The minimum Gasteiger partial charge on any atom is -0.360 e. The second kappa shape index (κ2) is 4.12. The van der Waals surface area contributed by atoms with Crippen molar-refractivity contribution in [1.29, 1.82) is 0 Å². The van der Waals surface area contributed by atoms with Crippen molar-refractivity contribution >= 4 is 26.8 Å². The highest BCUT2D eigenvalue weighted by Gasteiger charge is 2.37. The molecule has 0 unspecified atom stereocenters. The number of alkyl halides is 3. The van der Waals surface area contributed by atoms with Crippen molar-refractivity contribution in [2.75, 3.05) is 0 Å². The Hall–Kier alpha value is -1.76. The Morgan fingerprint density at radius 3 is 2.58 bits per heavy atom. The molecule has 0 saturated carbocycles.